The summed E-state index contributed by atoms with van der Waals surface area (Å²) in [4.78, 5) is 56.9. The molecular weight excluding hydrogens is 371 g/mol. The molecule has 0 aliphatic rings. The number of ketones is 1. The van der Waals surface area contributed by atoms with Crippen LogP contribution in [0.4, 0.5) is 0 Å². The predicted molar refractivity (Wildman–Crippen MR) is 91.3 cm³/mol. The monoisotopic (exact) mass is 382 g/mol. The van der Waals surface area contributed by atoms with E-state index in [4.69, 9.17) is 20.4 Å². The first-order chi connectivity index (χ1) is 12.1. The number of carboxylic acids is 4. The second-order valence-electron chi connectivity index (χ2n) is 5.07. The summed E-state index contributed by atoms with van der Waals surface area (Å²) in [6, 6.07) is 5.79. The second kappa shape index (κ2) is 8.58. The van der Waals surface area contributed by atoms with Crippen molar-refractivity contribution < 1.29 is 44.4 Å². The van der Waals surface area contributed by atoms with Crippen molar-refractivity contribution in [2.24, 2.45) is 0 Å². The predicted octanol–water partition coefficient (Wildman–Crippen LogP) is 1.06. The van der Waals surface area contributed by atoms with Crippen LogP contribution >= 0.6 is 0 Å². The van der Waals surface area contributed by atoms with Gasteiger partial charge in [-0.05, 0) is 24.3 Å². The standard InChI is InChI=1S/C17H10O9.Na.H/c18-13(7-1-3-9(14(19)20)11(5-7)16(23)24)8-2-4-10(15(21)22)12(6-8)17(25)26;;/h1-6H,(H,19,20)(H,21,22)(H,23,24)(H,25,26);;. The molecule has 0 spiro atoms. The van der Waals surface area contributed by atoms with Crippen molar-refractivity contribution in [2.45, 2.75) is 0 Å². The Bertz CT molecular complexity index is 901. The van der Waals surface area contributed by atoms with Gasteiger partial charge in [0.05, 0.1) is 22.3 Å². The molecule has 0 aromatic heterocycles. The molecule has 0 unspecified atom stereocenters. The fourth-order valence-electron chi connectivity index (χ4n) is 2.26. The van der Waals surface area contributed by atoms with Gasteiger partial charge in [-0.1, -0.05) is 12.1 Å². The molecule has 0 heterocycles. The van der Waals surface area contributed by atoms with E-state index in [1.165, 1.54) is 0 Å². The zero-order valence-corrected chi connectivity index (χ0v) is 12.8. The second-order valence-corrected chi connectivity index (χ2v) is 5.07. The first kappa shape index (κ1) is 22.0. The third-order valence-electron chi connectivity index (χ3n) is 3.49. The molecule has 0 aliphatic heterocycles. The van der Waals surface area contributed by atoms with Gasteiger partial charge in [-0.2, -0.15) is 0 Å². The van der Waals surface area contributed by atoms with E-state index in [1.807, 2.05) is 0 Å². The molecule has 0 saturated heterocycles. The molecule has 9 nitrogen and oxygen atoms in total. The summed E-state index contributed by atoms with van der Waals surface area (Å²) in [5.41, 5.74) is -2.62. The Morgan fingerprint density at radius 1 is 0.519 bits per heavy atom. The van der Waals surface area contributed by atoms with E-state index in [-0.39, 0.29) is 40.7 Å². The Labute approximate surface area is 173 Å². The van der Waals surface area contributed by atoms with Crippen molar-refractivity contribution in [2.75, 3.05) is 0 Å². The number of hydrogen-bond acceptors (Lipinski definition) is 5. The first-order valence-corrected chi connectivity index (χ1v) is 6.89. The van der Waals surface area contributed by atoms with Crippen LogP contribution in [0.25, 0.3) is 0 Å². The van der Waals surface area contributed by atoms with Crippen LogP contribution in [0.15, 0.2) is 36.4 Å². The van der Waals surface area contributed by atoms with Crippen LogP contribution in [0, 0.1) is 0 Å². The number of carbonyl (C=O) groups excluding carboxylic acids is 1. The van der Waals surface area contributed by atoms with Gasteiger partial charge in [0.1, 0.15) is 0 Å². The summed E-state index contributed by atoms with van der Waals surface area (Å²) in [6.45, 7) is 0. The van der Waals surface area contributed by atoms with E-state index in [0.29, 0.717) is 0 Å². The number of benzene rings is 2. The fourth-order valence-corrected chi connectivity index (χ4v) is 2.26. The minimum atomic E-state index is -1.55. The van der Waals surface area contributed by atoms with E-state index in [1.54, 1.807) is 0 Å². The zero-order valence-electron chi connectivity index (χ0n) is 12.8. The molecule has 2 rings (SSSR count). The number of carbonyl (C=O) groups is 5. The number of carboxylic acid groups (broad SMARTS) is 4. The third kappa shape index (κ3) is 4.59. The summed E-state index contributed by atoms with van der Waals surface area (Å²) < 4.78 is 0. The topological polar surface area (TPSA) is 166 Å². The Balaban J connectivity index is 0.00000364. The molecule has 0 fully saturated rings. The molecule has 2 aromatic rings. The summed E-state index contributed by atoms with van der Waals surface area (Å²) in [7, 11) is 0. The maximum atomic E-state index is 12.5. The Hall–Kier alpha value is -3.01. The van der Waals surface area contributed by atoms with Crippen LogP contribution in [-0.2, 0) is 0 Å². The molecule has 0 radical (unpaired) electrons. The number of hydrogen-bond donors (Lipinski definition) is 4. The molecule has 134 valence electrons. The maximum absolute atomic E-state index is 12.5. The Morgan fingerprint density at radius 2 is 0.815 bits per heavy atom. The average molecular weight is 382 g/mol. The normalized spacial score (nSPS) is 9.78. The van der Waals surface area contributed by atoms with Crippen molar-refractivity contribution >= 4 is 59.2 Å². The minimum absolute atomic E-state index is 0. The Kier molecular flexibility index (Phi) is 7.00. The van der Waals surface area contributed by atoms with Crippen LogP contribution in [0.2, 0.25) is 0 Å². The van der Waals surface area contributed by atoms with Crippen LogP contribution in [0.5, 0.6) is 0 Å². The van der Waals surface area contributed by atoms with Crippen LogP contribution in [-0.4, -0.2) is 79.6 Å². The van der Waals surface area contributed by atoms with Gasteiger partial charge in [0.25, 0.3) is 0 Å². The first-order valence-electron chi connectivity index (χ1n) is 6.89. The molecule has 10 heteroatoms. The SMILES string of the molecule is O=C(c1ccc(C(=O)O)c(C(=O)O)c1)c1ccc(C(=O)O)c(C(=O)O)c1.[NaH]. The molecule has 0 saturated carbocycles. The van der Waals surface area contributed by atoms with Gasteiger partial charge < -0.3 is 20.4 Å². The molecule has 27 heavy (non-hydrogen) atoms. The van der Waals surface area contributed by atoms with Gasteiger partial charge in [-0.3, -0.25) is 4.79 Å². The average Bonchev–Trinajstić information content (AvgIpc) is 2.59. The zero-order chi connectivity index (χ0) is 19.6. The van der Waals surface area contributed by atoms with Crippen molar-refractivity contribution in [3.05, 3.63) is 69.8 Å². The molecule has 0 amide bonds. The van der Waals surface area contributed by atoms with E-state index in [0.717, 1.165) is 36.4 Å². The van der Waals surface area contributed by atoms with Gasteiger partial charge >= 0.3 is 53.4 Å². The summed E-state index contributed by atoms with van der Waals surface area (Å²) >= 11 is 0. The molecule has 0 atom stereocenters. The molecule has 0 bridgehead atoms. The van der Waals surface area contributed by atoms with Crippen molar-refractivity contribution in [1.82, 2.24) is 0 Å². The molecule has 4 N–H and O–H groups in total. The quantitative estimate of drug-likeness (QED) is 0.422. The van der Waals surface area contributed by atoms with Crippen LogP contribution in [0.3, 0.4) is 0 Å². The summed E-state index contributed by atoms with van der Waals surface area (Å²) in [6.07, 6.45) is 0. The van der Waals surface area contributed by atoms with E-state index in [9.17, 15) is 24.0 Å². The van der Waals surface area contributed by atoms with Gasteiger partial charge in [0.2, 0.25) is 0 Å². The van der Waals surface area contributed by atoms with E-state index < -0.39 is 51.9 Å². The van der Waals surface area contributed by atoms with Crippen molar-refractivity contribution in [3.8, 4) is 0 Å². The van der Waals surface area contributed by atoms with Gasteiger partial charge in [-0.15, -0.1) is 0 Å². The van der Waals surface area contributed by atoms with Gasteiger partial charge in [0, 0.05) is 11.1 Å². The molecule has 0 aliphatic carbocycles. The summed E-state index contributed by atoms with van der Waals surface area (Å²) in [5, 5.41) is 36.1. The van der Waals surface area contributed by atoms with E-state index in [2.05, 4.69) is 0 Å². The van der Waals surface area contributed by atoms with Gasteiger partial charge in [-0.25, -0.2) is 19.2 Å². The Morgan fingerprint density at radius 3 is 1.07 bits per heavy atom. The van der Waals surface area contributed by atoms with Crippen molar-refractivity contribution in [1.29, 1.82) is 0 Å². The molecule has 2 aromatic carbocycles. The van der Waals surface area contributed by atoms with Crippen LogP contribution < -0.4 is 0 Å². The molecular formula is C17H11NaO9. The third-order valence-corrected chi connectivity index (χ3v) is 3.49. The van der Waals surface area contributed by atoms with Crippen molar-refractivity contribution in [3.63, 3.8) is 0 Å². The van der Waals surface area contributed by atoms with Gasteiger partial charge in [0.15, 0.2) is 5.78 Å². The number of aromatic carboxylic acids is 4. The van der Waals surface area contributed by atoms with Crippen LogP contribution in [0.1, 0.15) is 57.4 Å². The number of rotatable bonds is 6. The summed E-state index contributed by atoms with van der Waals surface area (Å²) in [5.74, 6) is -6.86. The fraction of sp³-hybridized carbons (Fsp3) is 0. The van der Waals surface area contributed by atoms with E-state index >= 15 is 0 Å².